The zero-order chi connectivity index (χ0) is 12.7. The highest BCUT2D eigenvalue weighted by atomic mass is 16.1. The van der Waals surface area contributed by atoms with Gasteiger partial charge in [0.2, 0.25) is 0 Å². The standard InChI is InChI=1S/C14H27NO/c1-10-8-9-15(14(5,6)7)11(10)12(16)13(2,3)4/h10-11H,8-9H2,1-7H3. The fraction of sp³-hybridized carbons (Fsp3) is 0.929. The Hall–Kier alpha value is -0.370. The van der Waals surface area contributed by atoms with E-state index in [2.05, 4.69) is 32.6 Å². The van der Waals surface area contributed by atoms with Crippen LogP contribution < -0.4 is 0 Å². The molecule has 2 nitrogen and oxygen atoms in total. The second-order valence-corrected chi connectivity index (χ2v) is 7.19. The van der Waals surface area contributed by atoms with Crippen molar-refractivity contribution < 1.29 is 4.79 Å². The summed E-state index contributed by atoms with van der Waals surface area (Å²) in [5.41, 5.74) is -0.136. The second kappa shape index (κ2) is 4.14. The smallest absolute Gasteiger partial charge is 0.155 e. The van der Waals surface area contributed by atoms with Crippen molar-refractivity contribution in [2.24, 2.45) is 11.3 Å². The molecule has 0 bridgehead atoms. The van der Waals surface area contributed by atoms with E-state index < -0.39 is 0 Å². The summed E-state index contributed by atoms with van der Waals surface area (Å²) in [5.74, 6) is 0.887. The summed E-state index contributed by atoms with van der Waals surface area (Å²) in [5, 5.41) is 0. The van der Waals surface area contributed by atoms with Gasteiger partial charge in [0.15, 0.2) is 5.78 Å². The van der Waals surface area contributed by atoms with E-state index in [1.165, 1.54) is 0 Å². The third-order valence-corrected chi connectivity index (χ3v) is 3.57. The van der Waals surface area contributed by atoms with Crippen LogP contribution in [0.2, 0.25) is 0 Å². The number of hydrogen-bond donors (Lipinski definition) is 0. The summed E-state index contributed by atoms with van der Waals surface area (Å²) in [6, 6.07) is 0.111. The molecule has 1 aliphatic heterocycles. The first-order chi connectivity index (χ1) is 7.05. The average molecular weight is 225 g/mol. The van der Waals surface area contributed by atoms with Crippen LogP contribution in [0.25, 0.3) is 0 Å². The SMILES string of the molecule is CC1CCN(C(C)(C)C)C1C(=O)C(C)(C)C. The molecule has 0 spiro atoms. The topological polar surface area (TPSA) is 20.3 Å². The molecule has 2 unspecified atom stereocenters. The first kappa shape index (κ1) is 13.7. The van der Waals surface area contributed by atoms with E-state index in [9.17, 15) is 4.79 Å². The lowest BCUT2D eigenvalue weighted by molar-refractivity contribution is -0.133. The summed E-state index contributed by atoms with van der Waals surface area (Å²) in [6.07, 6.45) is 1.14. The van der Waals surface area contributed by atoms with Crippen LogP contribution in [0.1, 0.15) is 54.9 Å². The Bertz CT molecular complexity index is 269. The monoisotopic (exact) mass is 225 g/mol. The fourth-order valence-corrected chi connectivity index (χ4v) is 2.54. The van der Waals surface area contributed by atoms with Crippen molar-refractivity contribution in [3.63, 3.8) is 0 Å². The fourth-order valence-electron chi connectivity index (χ4n) is 2.54. The van der Waals surface area contributed by atoms with Gasteiger partial charge in [-0.1, -0.05) is 27.7 Å². The van der Waals surface area contributed by atoms with Gasteiger partial charge in [0.05, 0.1) is 6.04 Å². The normalized spacial score (nSPS) is 28.4. The number of ketones is 1. The molecular formula is C14H27NO. The van der Waals surface area contributed by atoms with Gasteiger partial charge in [-0.15, -0.1) is 0 Å². The minimum absolute atomic E-state index is 0.0936. The van der Waals surface area contributed by atoms with Crippen LogP contribution in [-0.4, -0.2) is 28.8 Å². The molecule has 0 radical (unpaired) electrons. The number of likely N-dealkylation sites (tertiary alicyclic amines) is 1. The van der Waals surface area contributed by atoms with Crippen molar-refractivity contribution in [1.29, 1.82) is 0 Å². The van der Waals surface area contributed by atoms with Crippen LogP contribution in [0.3, 0.4) is 0 Å². The third-order valence-electron chi connectivity index (χ3n) is 3.57. The van der Waals surface area contributed by atoms with Crippen molar-refractivity contribution in [3.8, 4) is 0 Å². The molecule has 0 aliphatic carbocycles. The molecule has 1 aliphatic rings. The van der Waals surface area contributed by atoms with Crippen LogP contribution in [0.15, 0.2) is 0 Å². The number of carbonyl (C=O) groups is 1. The van der Waals surface area contributed by atoms with E-state index in [0.717, 1.165) is 13.0 Å². The van der Waals surface area contributed by atoms with Crippen molar-refractivity contribution >= 4 is 5.78 Å². The molecule has 1 fully saturated rings. The maximum Gasteiger partial charge on any atom is 0.155 e. The Kier molecular flexibility index (Phi) is 3.54. The molecule has 1 saturated heterocycles. The molecule has 2 heteroatoms. The van der Waals surface area contributed by atoms with E-state index in [1.807, 2.05) is 20.8 Å². The van der Waals surface area contributed by atoms with Crippen LogP contribution >= 0.6 is 0 Å². The lowest BCUT2D eigenvalue weighted by atomic mass is 9.81. The predicted molar refractivity (Wildman–Crippen MR) is 68.5 cm³/mol. The van der Waals surface area contributed by atoms with Gasteiger partial charge in [0.1, 0.15) is 0 Å². The molecule has 0 amide bonds. The Morgan fingerprint density at radius 2 is 1.62 bits per heavy atom. The van der Waals surface area contributed by atoms with Gasteiger partial charge in [0.25, 0.3) is 0 Å². The van der Waals surface area contributed by atoms with E-state index in [4.69, 9.17) is 0 Å². The van der Waals surface area contributed by atoms with Crippen LogP contribution in [0.5, 0.6) is 0 Å². The Balaban J connectivity index is 2.95. The highest BCUT2D eigenvalue weighted by molar-refractivity contribution is 5.89. The summed E-state index contributed by atoms with van der Waals surface area (Å²) in [6.45, 7) is 16.0. The number of carbonyl (C=O) groups excluding carboxylic acids is 1. The second-order valence-electron chi connectivity index (χ2n) is 7.19. The maximum absolute atomic E-state index is 12.5. The van der Waals surface area contributed by atoms with Gasteiger partial charge in [-0.2, -0.15) is 0 Å². The molecule has 1 rings (SSSR count). The van der Waals surface area contributed by atoms with Crippen LogP contribution in [0.4, 0.5) is 0 Å². The molecule has 16 heavy (non-hydrogen) atoms. The molecule has 0 aromatic rings. The first-order valence-corrected chi connectivity index (χ1v) is 6.36. The maximum atomic E-state index is 12.5. The van der Waals surface area contributed by atoms with Crippen LogP contribution in [0, 0.1) is 11.3 Å². The van der Waals surface area contributed by atoms with E-state index in [1.54, 1.807) is 0 Å². The lowest BCUT2D eigenvalue weighted by Gasteiger charge is -2.39. The minimum atomic E-state index is -0.229. The van der Waals surface area contributed by atoms with E-state index >= 15 is 0 Å². The predicted octanol–water partition coefficient (Wildman–Crippen LogP) is 3.11. The van der Waals surface area contributed by atoms with Crippen LogP contribution in [-0.2, 0) is 4.79 Å². The quantitative estimate of drug-likeness (QED) is 0.683. The average Bonchev–Trinajstić information content (AvgIpc) is 2.43. The summed E-state index contributed by atoms with van der Waals surface area (Å²) in [4.78, 5) is 14.9. The van der Waals surface area contributed by atoms with Gasteiger partial charge in [-0.25, -0.2) is 0 Å². The molecule has 0 aromatic heterocycles. The summed E-state index contributed by atoms with van der Waals surface area (Å²) in [7, 11) is 0. The van der Waals surface area contributed by atoms with Gasteiger partial charge in [-0.3, -0.25) is 9.69 Å². The van der Waals surface area contributed by atoms with Gasteiger partial charge < -0.3 is 0 Å². The minimum Gasteiger partial charge on any atom is -0.297 e. The summed E-state index contributed by atoms with van der Waals surface area (Å²) >= 11 is 0. The lowest BCUT2D eigenvalue weighted by Crippen LogP contribution is -2.52. The first-order valence-electron chi connectivity index (χ1n) is 6.36. The van der Waals surface area contributed by atoms with Gasteiger partial charge in [-0.05, 0) is 39.7 Å². The molecule has 94 valence electrons. The Morgan fingerprint density at radius 1 is 1.12 bits per heavy atom. The van der Waals surface area contributed by atoms with Gasteiger partial charge in [0, 0.05) is 11.0 Å². The zero-order valence-corrected chi connectivity index (χ0v) is 11.9. The number of rotatable bonds is 1. The van der Waals surface area contributed by atoms with Crippen molar-refractivity contribution in [2.45, 2.75) is 66.5 Å². The molecule has 0 N–H and O–H groups in total. The van der Waals surface area contributed by atoms with E-state index in [0.29, 0.717) is 11.7 Å². The highest BCUT2D eigenvalue weighted by Gasteiger charge is 2.44. The Morgan fingerprint density at radius 3 is 2.00 bits per heavy atom. The summed E-state index contributed by atoms with van der Waals surface area (Å²) < 4.78 is 0. The molecule has 0 aromatic carbocycles. The van der Waals surface area contributed by atoms with Crippen molar-refractivity contribution in [3.05, 3.63) is 0 Å². The molecular weight excluding hydrogens is 198 g/mol. The molecule has 1 heterocycles. The molecule has 0 saturated carbocycles. The number of nitrogens with zero attached hydrogens (tertiary/aromatic N) is 1. The molecule has 2 atom stereocenters. The van der Waals surface area contributed by atoms with Crippen molar-refractivity contribution in [1.82, 2.24) is 4.90 Å². The Labute approximate surface area is 100 Å². The highest BCUT2D eigenvalue weighted by Crippen LogP contribution is 2.35. The van der Waals surface area contributed by atoms with E-state index in [-0.39, 0.29) is 17.0 Å². The largest absolute Gasteiger partial charge is 0.297 e. The zero-order valence-electron chi connectivity index (χ0n) is 11.9. The third kappa shape index (κ3) is 2.65. The van der Waals surface area contributed by atoms with Gasteiger partial charge >= 0.3 is 0 Å². The number of Topliss-reactive ketones (excluding diaryl/α,β-unsaturated/α-hetero) is 1. The van der Waals surface area contributed by atoms with Crippen molar-refractivity contribution in [2.75, 3.05) is 6.54 Å². The number of hydrogen-bond acceptors (Lipinski definition) is 2.